The van der Waals surface area contributed by atoms with Gasteiger partial charge in [0, 0.05) is 5.69 Å². The van der Waals surface area contributed by atoms with E-state index in [1.165, 1.54) is 22.3 Å². The van der Waals surface area contributed by atoms with Crippen LogP contribution in [0.25, 0.3) is 0 Å². The third-order valence-electron chi connectivity index (χ3n) is 3.24. The normalized spacial score (nSPS) is 8.15. The van der Waals surface area contributed by atoms with E-state index in [9.17, 15) is 0 Å². The summed E-state index contributed by atoms with van der Waals surface area (Å²) in [7, 11) is 0. The minimum absolute atomic E-state index is 0.829. The van der Waals surface area contributed by atoms with Crippen LogP contribution in [0.5, 0.6) is 0 Å². The minimum Gasteiger partial charge on any atom is -0.399 e. The summed E-state index contributed by atoms with van der Waals surface area (Å²) in [5.74, 6) is 0. The molecule has 0 atom stereocenters. The summed E-state index contributed by atoms with van der Waals surface area (Å²) in [5.41, 5.74) is 11.5. The van der Waals surface area contributed by atoms with Gasteiger partial charge in [0.15, 0.2) is 0 Å². The molecule has 0 amide bonds. The SMILES string of the molecule is CC.CC.Cc1ccc(C)cc1.Cc1ccc(N)cc1.Cc1ccccc1. The van der Waals surface area contributed by atoms with Gasteiger partial charge >= 0.3 is 0 Å². The molecule has 0 bridgehead atoms. The average Bonchev–Trinajstić information content (AvgIpc) is 2.71. The smallest absolute Gasteiger partial charge is 0.0314 e. The highest BCUT2D eigenvalue weighted by molar-refractivity contribution is 5.38. The second kappa shape index (κ2) is 18.3. The maximum atomic E-state index is 5.43. The van der Waals surface area contributed by atoms with Crippen molar-refractivity contribution in [3.8, 4) is 0 Å². The highest BCUT2D eigenvalue weighted by Gasteiger charge is 1.80. The lowest BCUT2D eigenvalue weighted by atomic mass is 10.2. The molecule has 27 heavy (non-hydrogen) atoms. The summed E-state index contributed by atoms with van der Waals surface area (Å²) in [5, 5.41) is 0. The minimum atomic E-state index is 0.829. The van der Waals surface area contributed by atoms with Crippen LogP contribution in [0.2, 0.25) is 0 Å². The van der Waals surface area contributed by atoms with E-state index in [1.54, 1.807) is 0 Å². The van der Waals surface area contributed by atoms with E-state index in [0.29, 0.717) is 0 Å². The molecule has 0 saturated carbocycles. The summed E-state index contributed by atoms with van der Waals surface area (Å²) in [6.07, 6.45) is 0. The monoisotopic (exact) mass is 365 g/mol. The van der Waals surface area contributed by atoms with Crippen LogP contribution in [0.15, 0.2) is 78.9 Å². The number of nitrogen functional groups attached to an aromatic ring is 1. The first kappa shape index (κ1) is 26.7. The van der Waals surface area contributed by atoms with Crippen molar-refractivity contribution in [1.82, 2.24) is 0 Å². The van der Waals surface area contributed by atoms with Gasteiger partial charge in [-0.2, -0.15) is 0 Å². The second-order valence-electron chi connectivity index (χ2n) is 5.72. The molecule has 2 N–H and O–H groups in total. The summed E-state index contributed by atoms with van der Waals surface area (Å²) in [6.45, 7) is 16.3. The number of benzene rings is 3. The molecule has 0 saturated heterocycles. The predicted molar refractivity (Wildman–Crippen MR) is 125 cm³/mol. The maximum absolute atomic E-state index is 5.43. The summed E-state index contributed by atoms with van der Waals surface area (Å²) in [6, 6.07) is 26.5. The van der Waals surface area contributed by atoms with Gasteiger partial charge in [-0.05, 0) is 39.8 Å². The first-order valence-electron chi connectivity index (χ1n) is 9.84. The molecule has 0 heterocycles. The van der Waals surface area contributed by atoms with Gasteiger partial charge in [-0.3, -0.25) is 0 Å². The molecule has 148 valence electrons. The molecular formula is C26H39N. The van der Waals surface area contributed by atoms with Gasteiger partial charge in [0.25, 0.3) is 0 Å². The number of hydrogen-bond acceptors (Lipinski definition) is 1. The zero-order valence-corrected chi connectivity index (χ0v) is 18.6. The molecule has 0 aliphatic heterocycles. The van der Waals surface area contributed by atoms with Gasteiger partial charge in [0.2, 0.25) is 0 Å². The first-order chi connectivity index (χ1) is 13.0. The largest absolute Gasteiger partial charge is 0.399 e. The van der Waals surface area contributed by atoms with E-state index in [-0.39, 0.29) is 0 Å². The molecule has 0 unspecified atom stereocenters. The number of hydrogen-bond donors (Lipinski definition) is 1. The van der Waals surface area contributed by atoms with Gasteiger partial charge in [-0.1, -0.05) is 117 Å². The Kier molecular flexibility index (Phi) is 18.0. The van der Waals surface area contributed by atoms with Crippen molar-refractivity contribution in [1.29, 1.82) is 0 Å². The zero-order valence-electron chi connectivity index (χ0n) is 18.6. The van der Waals surface area contributed by atoms with Crippen molar-refractivity contribution >= 4 is 5.69 Å². The van der Waals surface area contributed by atoms with Crippen LogP contribution in [0.4, 0.5) is 5.69 Å². The van der Waals surface area contributed by atoms with Crippen LogP contribution >= 0.6 is 0 Å². The lowest BCUT2D eigenvalue weighted by Crippen LogP contribution is -1.81. The third kappa shape index (κ3) is 16.7. The number of nitrogens with two attached hydrogens (primary N) is 1. The molecular weight excluding hydrogens is 326 g/mol. The van der Waals surface area contributed by atoms with E-state index in [2.05, 4.69) is 57.2 Å². The van der Waals surface area contributed by atoms with Crippen LogP contribution in [-0.4, -0.2) is 0 Å². The van der Waals surface area contributed by atoms with E-state index in [4.69, 9.17) is 5.73 Å². The molecule has 0 radical (unpaired) electrons. The quantitative estimate of drug-likeness (QED) is 0.402. The lowest BCUT2D eigenvalue weighted by molar-refractivity contribution is 1.40. The Morgan fingerprint density at radius 1 is 0.407 bits per heavy atom. The van der Waals surface area contributed by atoms with Crippen molar-refractivity contribution in [3.05, 3.63) is 101 Å². The fourth-order valence-corrected chi connectivity index (χ4v) is 1.74. The van der Waals surface area contributed by atoms with Crippen molar-refractivity contribution in [2.75, 3.05) is 5.73 Å². The Hall–Kier alpha value is -2.54. The van der Waals surface area contributed by atoms with Crippen molar-refractivity contribution in [2.45, 2.75) is 55.4 Å². The summed E-state index contributed by atoms with van der Waals surface area (Å²) < 4.78 is 0. The summed E-state index contributed by atoms with van der Waals surface area (Å²) in [4.78, 5) is 0. The van der Waals surface area contributed by atoms with Gasteiger partial charge in [0.05, 0.1) is 0 Å². The molecule has 0 aromatic heterocycles. The van der Waals surface area contributed by atoms with Crippen molar-refractivity contribution in [3.63, 3.8) is 0 Å². The number of anilines is 1. The Labute approximate surface area is 168 Å². The van der Waals surface area contributed by atoms with E-state index in [0.717, 1.165) is 5.69 Å². The Bertz CT molecular complexity index is 567. The van der Waals surface area contributed by atoms with Gasteiger partial charge in [0.1, 0.15) is 0 Å². The Balaban J connectivity index is 0. The molecule has 3 rings (SSSR count). The standard InChI is InChI=1S/C8H10.C7H9N.C7H8.2C2H6/c1-7-3-5-8(2)6-4-7;1-6-2-4-7(8)5-3-6;1-7-5-3-2-4-6-7;2*1-2/h3-6H,1-2H3;2-5H,8H2,1H3;2-6H,1H3;2*1-2H3. The molecule has 1 nitrogen and oxygen atoms in total. The molecule has 3 aromatic carbocycles. The lowest BCUT2D eigenvalue weighted by Gasteiger charge is -1.90. The Morgan fingerprint density at radius 2 is 0.667 bits per heavy atom. The zero-order chi connectivity index (χ0) is 21.1. The van der Waals surface area contributed by atoms with E-state index >= 15 is 0 Å². The van der Waals surface area contributed by atoms with Crippen LogP contribution in [0.3, 0.4) is 0 Å². The predicted octanol–water partition coefficient (Wildman–Crippen LogP) is 7.93. The maximum Gasteiger partial charge on any atom is 0.0314 e. The molecule has 1 heteroatoms. The summed E-state index contributed by atoms with van der Waals surface area (Å²) >= 11 is 0. The van der Waals surface area contributed by atoms with Crippen LogP contribution < -0.4 is 5.73 Å². The fraction of sp³-hybridized carbons (Fsp3) is 0.308. The molecule has 3 aromatic rings. The first-order valence-corrected chi connectivity index (χ1v) is 9.84. The van der Waals surface area contributed by atoms with E-state index in [1.807, 2.05) is 77.1 Å². The van der Waals surface area contributed by atoms with Crippen LogP contribution in [0.1, 0.15) is 49.9 Å². The average molecular weight is 366 g/mol. The van der Waals surface area contributed by atoms with E-state index < -0.39 is 0 Å². The molecule has 0 spiro atoms. The molecule has 0 aliphatic carbocycles. The third-order valence-corrected chi connectivity index (χ3v) is 3.24. The van der Waals surface area contributed by atoms with Gasteiger partial charge in [-0.15, -0.1) is 0 Å². The Morgan fingerprint density at radius 3 is 0.889 bits per heavy atom. The number of rotatable bonds is 0. The van der Waals surface area contributed by atoms with Crippen LogP contribution in [-0.2, 0) is 0 Å². The van der Waals surface area contributed by atoms with Gasteiger partial charge < -0.3 is 5.73 Å². The van der Waals surface area contributed by atoms with Gasteiger partial charge in [-0.25, -0.2) is 0 Å². The fourth-order valence-electron chi connectivity index (χ4n) is 1.74. The second-order valence-corrected chi connectivity index (χ2v) is 5.72. The molecule has 0 aliphatic rings. The highest BCUT2D eigenvalue weighted by atomic mass is 14.5. The topological polar surface area (TPSA) is 26.0 Å². The van der Waals surface area contributed by atoms with Crippen molar-refractivity contribution in [2.24, 2.45) is 0 Å². The number of aryl methyl sites for hydroxylation is 4. The van der Waals surface area contributed by atoms with Crippen LogP contribution in [0, 0.1) is 27.7 Å². The van der Waals surface area contributed by atoms with Crippen molar-refractivity contribution < 1.29 is 0 Å². The highest BCUT2D eigenvalue weighted by Crippen LogP contribution is 2.02. The molecule has 0 fully saturated rings.